The molecule has 2 heterocycles. The lowest BCUT2D eigenvalue weighted by molar-refractivity contribution is -0.0461. The Bertz CT molecular complexity index is 534. The third-order valence-electron chi connectivity index (χ3n) is 4.21. The zero-order valence-electron chi connectivity index (χ0n) is 11.8. The van der Waals surface area contributed by atoms with Gasteiger partial charge in [-0.25, -0.2) is 0 Å². The molecule has 0 spiro atoms. The Hall–Kier alpha value is -1.79. The summed E-state index contributed by atoms with van der Waals surface area (Å²) >= 11 is 0. The van der Waals surface area contributed by atoms with Crippen LogP contribution in [0.5, 0.6) is 11.5 Å². The van der Waals surface area contributed by atoms with Crippen molar-refractivity contribution >= 4 is 5.91 Å². The van der Waals surface area contributed by atoms with E-state index < -0.39 is 5.91 Å². The number of morpholine rings is 1. The summed E-state index contributed by atoms with van der Waals surface area (Å²) in [6.45, 7) is 3.05. The minimum atomic E-state index is -0.407. The number of benzene rings is 1. The topological polar surface area (TPSA) is 82.0 Å². The van der Waals surface area contributed by atoms with Gasteiger partial charge < -0.3 is 20.3 Å². The first-order valence-electron chi connectivity index (χ1n) is 7.30. The zero-order valence-corrected chi connectivity index (χ0v) is 11.8. The molecule has 3 N–H and O–H groups in total. The van der Waals surface area contributed by atoms with Crippen molar-refractivity contribution in [1.29, 1.82) is 0 Å². The largest absolute Gasteiger partial charge is 0.504 e. The second kappa shape index (κ2) is 5.91. The zero-order chi connectivity index (χ0) is 14.8. The van der Waals surface area contributed by atoms with E-state index in [2.05, 4.69) is 10.2 Å². The van der Waals surface area contributed by atoms with Crippen molar-refractivity contribution < 1.29 is 19.7 Å². The Morgan fingerprint density at radius 3 is 3.14 bits per heavy atom. The molecule has 21 heavy (non-hydrogen) atoms. The van der Waals surface area contributed by atoms with Crippen molar-refractivity contribution in [2.45, 2.75) is 25.0 Å². The van der Waals surface area contributed by atoms with E-state index in [-0.39, 0.29) is 23.2 Å². The molecule has 2 aliphatic rings. The molecule has 0 aliphatic carbocycles. The standard InChI is InChI=1S/C15H20N2O4/c18-13-5-1-4-12(14(13)19)15(20)16-7-11-8-17-6-2-3-10(17)9-21-11/h1,4-5,10-11,18-19H,2-3,6-9H2,(H,16,20). The summed E-state index contributed by atoms with van der Waals surface area (Å²) in [6.07, 6.45) is 2.38. The van der Waals surface area contributed by atoms with Crippen LogP contribution in [0.2, 0.25) is 0 Å². The monoisotopic (exact) mass is 292 g/mol. The Labute approximate surface area is 123 Å². The molecular weight excluding hydrogens is 272 g/mol. The molecule has 1 aromatic rings. The minimum Gasteiger partial charge on any atom is -0.504 e. The molecule has 2 saturated heterocycles. The maximum atomic E-state index is 12.0. The lowest BCUT2D eigenvalue weighted by Gasteiger charge is -2.35. The number of phenolic OH excluding ortho intramolecular Hbond substituents is 2. The van der Waals surface area contributed by atoms with Crippen molar-refractivity contribution in [3.05, 3.63) is 23.8 Å². The average molecular weight is 292 g/mol. The van der Waals surface area contributed by atoms with Crippen LogP contribution in [0.3, 0.4) is 0 Å². The van der Waals surface area contributed by atoms with Gasteiger partial charge in [0.15, 0.2) is 11.5 Å². The number of para-hydroxylation sites is 1. The molecule has 0 aromatic heterocycles. The number of phenols is 2. The number of fused-ring (bicyclic) bond motifs is 1. The molecule has 2 fully saturated rings. The van der Waals surface area contributed by atoms with Crippen LogP contribution in [-0.2, 0) is 4.74 Å². The van der Waals surface area contributed by atoms with Gasteiger partial charge in [0.05, 0.1) is 18.3 Å². The highest BCUT2D eigenvalue weighted by Crippen LogP contribution is 2.28. The van der Waals surface area contributed by atoms with Crippen LogP contribution in [0.1, 0.15) is 23.2 Å². The predicted octanol–water partition coefficient (Wildman–Crippen LogP) is 0.691. The number of nitrogens with one attached hydrogen (secondary N) is 1. The second-order valence-corrected chi connectivity index (χ2v) is 5.63. The van der Waals surface area contributed by atoms with Gasteiger partial charge in [-0.3, -0.25) is 9.69 Å². The number of rotatable bonds is 3. The Morgan fingerprint density at radius 2 is 2.29 bits per heavy atom. The van der Waals surface area contributed by atoms with E-state index in [9.17, 15) is 15.0 Å². The third-order valence-corrected chi connectivity index (χ3v) is 4.21. The van der Waals surface area contributed by atoms with Crippen molar-refractivity contribution in [3.8, 4) is 11.5 Å². The first-order valence-corrected chi connectivity index (χ1v) is 7.30. The van der Waals surface area contributed by atoms with Crippen LogP contribution in [-0.4, -0.2) is 59.4 Å². The smallest absolute Gasteiger partial charge is 0.255 e. The highest BCUT2D eigenvalue weighted by Gasteiger charge is 2.32. The number of hydrogen-bond donors (Lipinski definition) is 3. The van der Waals surface area contributed by atoms with Gasteiger partial charge >= 0.3 is 0 Å². The number of aromatic hydroxyl groups is 2. The number of nitrogens with zero attached hydrogens (tertiary/aromatic N) is 1. The summed E-state index contributed by atoms with van der Waals surface area (Å²) < 4.78 is 5.76. The Balaban J connectivity index is 1.55. The highest BCUT2D eigenvalue weighted by atomic mass is 16.5. The van der Waals surface area contributed by atoms with Gasteiger partial charge in [0.2, 0.25) is 0 Å². The number of amides is 1. The molecular formula is C15H20N2O4. The normalized spacial score (nSPS) is 25.5. The van der Waals surface area contributed by atoms with E-state index >= 15 is 0 Å². The van der Waals surface area contributed by atoms with Gasteiger partial charge in [-0.05, 0) is 31.5 Å². The van der Waals surface area contributed by atoms with E-state index in [1.807, 2.05) is 0 Å². The molecule has 6 nitrogen and oxygen atoms in total. The lowest BCUT2D eigenvalue weighted by Crippen LogP contribution is -2.50. The fourth-order valence-electron chi connectivity index (χ4n) is 3.03. The van der Waals surface area contributed by atoms with Crippen molar-refractivity contribution in [3.63, 3.8) is 0 Å². The van der Waals surface area contributed by atoms with Crippen molar-refractivity contribution in [2.24, 2.45) is 0 Å². The van der Waals surface area contributed by atoms with Gasteiger partial charge in [0.1, 0.15) is 0 Å². The number of ether oxygens (including phenoxy) is 1. The number of carbonyl (C=O) groups is 1. The molecule has 2 unspecified atom stereocenters. The molecule has 2 atom stereocenters. The Kier molecular flexibility index (Phi) is 3.98. The Morgan fingerprint density at radius 1 is 1.43 bits per heavy atom. The van der Waals surface area contributed by atoms with Crippen LogP contribution in [0.4, 0.5) is 0 Å². The fraction of sp³-hybridized carbons (Fsp3) is 0.533. The van der Waals surface area contributed by atoms with Crippen molar-refractivity contribution in [1.82, 2.24) is 10.2 Å². The van der Waals surface area contributed by atoms with Crippen LogP contribution < -0.4 is 5.32 Å². The summed E-state index contributed by atoms with van der Waals surface area (Å²) in [6, 6.07) is 4.87. The van der Waals surface area contributed by atoms with Crippen LogP contribution in [0, 0.1) is 0 Å². The van der Waals surface area contributed by atoms with Crippen LogP contribution in [0.15, 0.2) is 18.2 Å². The van der Waals surface area contributed by atoms with E-state index in [1.54, 1.807) is 0 Å². The SMILES string of the molecule is O=C(NCC1CN2CCCC2CO1)c1cccc(O)c1O. The van der Waals surface area contributed by atoms with Crippen LogP contribution >= 0.6 is 0 Å². The molecule has 2 aliphatic heterocycles. The van der Waals surface area contributed by atoms with Gasteiger partial charge in [-0.15, -0.1) is 0 Å². The van der Waals surface area contributed by atoms with E-state index in [4.69, 9.17) is 4.74 Å². The van der Waals surface area contributed by atoms with Crippen molar-refractivity contribution in [2.75, 3.05) is 26.2 Å². The predicted molar refractivity (Wildman–Crippen MR) is 76.4 cm³/mol. The number of carbonyl (C=O) groups excluding carboxylic acids is 1. The fourth-order valence-corrected chi connectivity index (χ4v) is 3.03. The summed E-state index contributed by atoms with van der Waals surface area (Å²) in [5, 5.41) is 21.8. The lowest BCUT2D eigenvalue weighted by atomic mass is 10.1. The summed E-state index contributed by atoms with van der Waals surface area (Å²) in [4.78, 5) is 14.4. The molecule has 0 radical (unpaired) electrons. The van der Waals surface area contributed by atoms with E-state index in [0.717, 1.165) is 19.7 Å². The molecule has 114 valence electrons. The average Bonchev–Trinajstić information content (AvgIpc) is 2.95. The summed E-state index contributed by atoms with van der Waals surface area (Å²) in [7, 11) is 0. The molecule has 0 saturated carbocycles. The van der Waals surface area contributed by atoms with Gasteiger partial charge in [-0.1, -0.05) is 6.07 Å². The first kappa shape index (κ1) is 14.2. The molecule has 6 heteroatoms. The van der Waals surface area contributed by atoms with Gasteiger partial charge in [0.25, 0.3) is 5.91 Å². The summed E-state index contributed by atoms with van der Waals surface area (Å²) in [5.41, 5.74) is 0.0739. The second-order valence-electron chi connectivity index (χ2n) is 5.63. The van der Waals surface area contributed by atoms with Gasteiger partial charge in [-0.2, -0.15) is 0 Å². The number of hydrogen-bond acceptors (Lipinski definition) is 5. The maximum absolute atomic E-state index is 12.0. The highest BCUT2D eigenvalue weighted by molar-refractivity contribution is 5.97. The van der Waals surface area contributed by atoms with Gasteiger partial charge in [0, 0.05) is 19.1 Å². The molecule has 1 aromatic carbocycles. The van der Waals surface area contributed by atoms with Crippen LogP contribution in [0.25, 0.3) is 0 Å². The minimum absolute atomic E-state index is 0.0252. The molecule has 1 amide bonds. The first-order chi connectivity index (χ1) is 10.1. The van der Waals surface area contributed by atoms with E-state index in [0.29, 0.717) is 12.6 Å². The maximum Gasteiger partial charge on any atom is 0.255 e. The quantitative estimate of drug-likeness (QED) is 0.714. The molecule has 0 bridgehead atoms. The van der Waals surface area contributed by atoms with E-state index in [1.165, 1.54) is 31.0 Å². The summed E-state index contributed by atoms with van der Waals surface area (Å²) in [5.74, 6) is -1.09. The molecule has 3 rings (SSSR count). The third kappa shape index (κ3) is 2.96.